The van der Waals surface area contributed by atoms with E-state index in [9.17, 15) is 22.0 Å². The van der Waals surface area contributed by atoms with Crippen LogP contribution < -0.4 is 0 Å². The van der Waals surface area contributed by atoms with E-state index >= 15 is 0 Å². The number of pyridine rings is 1. The van der Waals surface area contributed by atoms with E-state index in [2.05, 4.69) is 9.97 Å². The number of halogens is 6. The molecule has 0 bridgehead atoms. The molecule has 2 aromatic carbocycles. The zero-order chi connectivity index (χ0) is 17.7. The van der Waals surface area contributed by atoms with Crippen molar-refractivity contribution in [3.63, 3.8) is 0 Å². The number of nitrogens with one attached hydrogen (secondary N) is 1. The first-order valence-electron chi connectivity index (χ1n) is 7.33. The molecule has 2 aromatic heterocycles. The van der Waals surface area contributed by atoms with E-state index in [1.165, 1.54) is 6.20 Å². The maximum Gasteiger partial charge on any atom is 0.200 e. The summed E-state index contributed by atoms with van der Waals surface area (Å²) in [6.45, 7) is 0. The molecule has 26 heavy (non-hydrogen) atoms. The minimum Gasteiger partial charge on any atom is -0.353 e. The van der Waals surface area contributed by atoms with Crippen LogP contribution in [0.15, 0.2) is 36.5 Å². The molecule has 0 spiro atoms. The lowest BCUT2D eigenvalue weighted by molar-refractivity contribution is 0.371. The van der Waals surface area contributed by atoms with Gasteiger partial charge in [-0.25, -0.2) is 22.0 Å². The molecule has 4 aromatic rings. The number of para-hydroxylation sites is 1. The number of benzene rings is 2. The first-order chi connectivity index (χ1) is 12.0. The Bertz CT molecular complexity index is 1110. The van der Waals surface area contributed by atoms with Crippen molar-refractivity contribution in [3.8, 4) is 0 Å². The summed E-state index contributed by atoms with van der Waals surface area (Å²) in [7, 11) is 0. The third kappa shape index (κ3) is 2.65. The van der Waals surface area contributed by atoms with Crippen molar-refractivity contribution in [1.82, 2.24) is 9.97 Å². The van der Waals surface area contributed by atoms with E-state index in [1.54, 1.807) is 6.07 Å². The Hall–Kier alpha value is -2.48. The van der Waals surface area contributed by atoms with Crippen molar-refractivity contribution in [3.05, 3.63) is 76.9 Å². The molecule has 0 aliphatic heterocycles. The Morgan fingerprint density at radius 1 is 0.769 bits per heavy atom. The lowest BCUT2D eigenvalue weighted by Gasteiger charge is -2.08. The second-order valence-corrected chi connectivity index (χ2v) is 5.58. The largest absolute Gasteiger partial charge is 0.353 e. The Balaban J connectivity index is 0.00000196. The van der Waals surface area contributed by atoms with Gasteiger partial charge in [-0.1, -0.05) is 18.2 Å². The lowest BCUT2D eigenvalue weighted by Crippen LogP contribution is -2.08. The quantitative estimate of drug-likeness (QED) is 0.252. The summed E-state index contributed by atoms with van der Waals surface area (Å²) in [5.74, 6) is -9.77. The van der Waals surface area contributed by atoms with Gasteiger partial charge in [0.25, 0.3) is 0 Å². The number of fused-ring (bicyclic) bond motifs is 3. The first kappa shape index (κ1) is 18.3. The van der Waals surface area contributed by atoms with E-state index in [-0.39, 0.29) is 22.7 Å². The number of aromatic nitrogens is 2. The van der Waals surface area contributed by atoms with Crippen molar-refractivity contribution in [2.75, 3.05) is 0 Å². The van der Waals surface area contributed by atoms with Gasteiger partial charge in [0.1, 0.15) is 0 Å². The third-order valence-corrected chi connectivity index (χ3v) is 4.15. The maximum atomic E-state index is 13.9. The highest BCUT2D eigenvalue weighted by Gasteiger charge is 2.26. The molecule has 0 aliphatic carbocycles. The zero-order valence-electron chi connectivity index (χ0n) is 12.9. The Labute approximate surface area is 154 Å². The van der Waals surface area contributed by atoms with Crippen LogP contribution in [-0.2, 0) is 6.42 Å². The van der Waals surface area contributed by atoms with Gasteiger partial charge in [-0.15, -0.1) is 17.0 Å². The molecule has 0 radical (unpaired) electrons. The number of aromatic amines is 1. The number of hydrogen-bond acceptors (Lipinski definition) is 1. The fourth-order valence-corrected chi connectivity index (χ4v) is 2.94. The fraction of sp³-hybridized carbons (Fsp3) is 0.0556. The molecule has 0 amide bonds. The average Bonchev–Trinajstić information content (AvgIpc) is 3.01. The number of nitrogens with zero attached hydrogens (tertiary/aromatic N) is 1. The normalized spacial score (nSPS) is 11.1. The predicted molar refractivity (Wildman–Crippen MR) is 93.0 cm³/mol. The summed E-state index contributed by atoms with van der Waals surface area (Å²) < 4.78 is 67.8. The maximum absolute atomic E-state index is 13.9. The topological polar surface area (TPSA) is 28.7 Å². The van der Waals surface area contributed by atoms with Gasteiger partial charge in [0.05, 0.1) is 11.2 Å². The minimum atomic E-state index is -2.17. The minimum absolute atomic E-state index is 0. The molecule has 0 aliphatic rings. The summed E-state index contributed by atoms with van der Waals surface area (Å²) in [5.41, 5.74) is 0.559. The Kier molecular flexibility index (Phi) is 4.70. The molecule has 0 unspecified atom stereocenters. The molecule has 2 heterocycles. The molecule has 2 nitrogen and oxygen atoms in total. The summed E-state index contributed by atoms with van der Waals surface area (Å²) >= 11 is 0. The van der Waals surface area contributed by atoms with E-state index in [0.717, 1.165) is 16.3 Å². The second-order valence-electron chi connectivity index (χ2n) is 5.58. The molecular weight excluding hydrogens is 419 g/mol. The second kappa shape index (κ2) is 6.68. The monoisotopic (exact) mass is 428 g/mol. The van der Waals surface area contributed by atoms with Gasteiger partial charge in [0, 0.05) is 34.5 Å². The van der Waals surface area contributed by atoms with Crippen LogP contribution in [0.3, 0.4) is 0 Å². The highest BCUT2D eigenvalue weighted by molar-refractivity contribution is 8.93. The number of rotatable bonds is 2. The van der Waals surface area contributed by atoms with Crippen molar-refractivity contribution in [2.24, 2.45) is 0 Å². The predicted octanol–water partition coefficient (Wildman–Crippen LogP) is 5.58. The molecule has 0 fully saturated rings. The SMILES string of the molecule is Br.Fc1c(F)c(F)c(Cc2nccc3c2[nH]c2ccccc23)c(F)c1F. The highest BCUT2D eigenvalue weighted by atomic mass is 79.9. The summed E-state index contributed by atoms with van der Waals surface area (Å²) in [4.78, 5) is 7.14. The van der Waals surface area contributed by atoms with Crippen LogP contribution in [0.1, 0.15) is 11.3 Å². The summed E-state index contributed by atoms with van der Waals surface area (Å²) in [6.07, 6.45) is 0.903. The summed E-state index contributed by atoms with van der Waals surface area (Å²) in [6, 6.07) is 9.04. The lowest BCUT2D eigenvalue weighted by atomic mass is 10.0. The van der Waals surface area contributed by atoms with Crippen molar-refractivity contribution in [2.45, 2.75) is 6.42 Å². The van der Waals surface area contributed by atoms with E-state index in [0.29, 0.717) is 5.52 Å². The van der Waals surface area contributed by atoms with Crippen molar-refractivity contribution < 1.29 is 22.0 Å². The molecule has 134 valence electrons. The highest BCUT2D eigenvalue weighted by Crippen LogP contribution is 2.30. The molecule has 0 atom stereocenters. The number of H-pyrrole nitrogens is 1. The standard InChI is InChI=1S/C18H9F5N2.BrH/c19-13-10(14(20)16(22)17(23)15(13)21)7-12-18-9(5-6-24-12)8-3-1-2-4-11(8)25-18;/h1-6,25H,7H2;1H. The van der Waals surface area contributed by atoms with Crippen LogP contribution in [0.2, 0.25) is 0 Å². The molecule has 0 saturated carbocycles. The van der Waals surface area contributed by atoms with E-state index < -0.39 is 41.1 Å². The van der Waals surface area contributed by atoms with Crippen molar-refractivity contribution >= 4 is 38.8 Å². The fourth-order valence-electron chi connectivity index (χ4n) is 2.94. The van der Waals surface area contributed by atoms with Gasteiger partial charge >= 0.3 is 0 Å². The first-order valence-corrected chi connectivity index (χ1v) is 7.33. The van der Waals surface area contributed by atoms with Gasteiger partial charge in [-0.2, -0.15) is 0 Å². The molecule has 0 saturated heterocycles. The third-order valence-electron chi connectivity index (χ3n) is 4.15. The van der Waals surface area contributed by atoms with Gasteiger partial charge in [0.2, 0.25) is 5.82 Å². The molecular formula is C18H10BrF5N2. The zero-order valence-corrected chi connectivity index (χ0v) is 14.6. The van der Waals surface area contributed by atoms with Crippen LogP contribution in [-0.4, -0.2) is 9.97 Å². The van der Waals surface area contributed by atoms with Gasteiger partial charge in [0.15, 0.2) is 23.3 Å². The van der Waals surface area contributed by atoms with E-state index in [4.69, 9.17) is 0 Å². The van der Waals surface area contributed by atoms with Crippen molar-refractivity contribution in [1.29, 1.82) is 0 Å². The van der Waals surface area contributed by atoms with E-state index in [1.807, 2.05) is 24.3 Å². The number of hydrogen-bond donors (Lipinski definition) is 1. The van der Waals surface area contributed by atoms with Gasteiger partial charge < -0.3 is 4.98 Å². The Morgan fingerprint density at radius 2 is 1.38 bits per heavy atom. The Morgan fingerprint density at radius 3 is 2.08 bits per heavy atom. The molecule has 4 rings (SSSR count). The van der Waals surface area contributed by atoms with Crippen LogP contribution in [0.4, 0.5) is 22.0 Å². The molecule has 8 heteroatoms. The summed E-state index contributed by atoms with van der Waals surface area (Å²) in [5, 5.41) is 1.63. The van der Waals surface area contributed by atoms with Crippen LogP contribution in [0.5, 0.6) is 0 Å². The molecule has 1 N–H and O–H groups in total. The van der Waals surface area contributed by atoms with Gasteiger partial charge in [-0.05, 0) is 12.1 Å². The van der Waals surface area contributed by atoms with Crippen LogP contribution in [0, 0.1) is 29.1 Å². The van der Waals surface area contributed by atoms with Crippen LogP contribution >= 0.6 is 17.0 Å². The van der Waals surface area contributed by atoms with Gasteiger partial charge in [-0.3, -0.25) is 4.98 Å². The average molecular weight is 429 g/mol. The smallest absolute Gasteiger partial charge is 0.200 e. The van der Waals surface area contributed by atoms with Crippen LogP contribution in [0.25, 0.3) is 21.8 Å².